The fourth-order valence-corrected chi connectivity index (χ4v) is 8.98. The van der Waals surface area contributed by atoms with E-state index in [4.69, 9.17) is 39.9 Å². The molecule has 8 heteroatoms. The molecule has 0 amide bonds. The first-order valence-corrected chi connectivity index (χ1v) is 9.79. The van der Waals surface area contributed by atoms with Gasteiger partial charge in [-0.2, -0.15) is 0 Å². The van der Waals surface area contributed by atoms with Crippen molar-refractivity contribution in [3.8, 4) is 0 Å². The number of hydrogen-bond acceptors (Lipinski definition) is 4. The van der Waals surface area contributed by atoms with Crippen molar-refractivity contribution in [1.29, 1.82) is 0 Å². The molecule has 0 radical (unpaired) electrons. The smallest absolute Gasteiger partial charge is 0.386 e. The standard InChI is InChI=1S/C6H16Cl2O4Si2/c1-6(13(7,9-2)10-3)14(8,11-4)12-5/h6H,1-5H3. The molecule has 14 heavy (non-hydrogen) atoms. The van der Waals surface area contributed by atoms with E-state index in [9.17, 15) is 0 Å². The van der Waals surface area contributed by atoms with Crippen LogP contribution in [0.3, 0.4) is 0 Å². The second kappa shape index (κ2) is 5.81. The van der Waals surface area contributed by atoms with Crippen LogP contribution in [0.15, 0.2) is 0 Å². The highest BCUT2D eigenvalue weighted by Gasteiger charge is 2.57. The Morgan fingerprint density at radius 3 is 1.14 bits per heavy atom. The Morgan fingerprint density at radius 2 is 1.00 bits per heavy atom. The third-order valence-corrected chi connectivity index (χ3v) is 13.6. The lowest BCUT2D eigenvalue weighted by Crippen LogP contribution is -2.52. The molecule has 86 valence electrons. The molecule has 0 saturated heterocycles. The molecule has 0 fully saturated rings. The van der Waals surface area contributed by atoms with Crippen LogP contribution in [0.1, 0.15) is 6.92 Å². The molecule has 4 nitrogen and oxygen atoms in total. The third kappa shape index (κ3) is 2.92. The largest absolute Gasteiger partial charge is 0.448 e. The molecule has 0 saturated carbocycles. The maximum Gasteiger partial charge on any atom is 0.448 e. The molecule has 0 aromatic carbocycles. The van der Waals surface area contributed by atoms with E-state index in [1.807, 2.05) is 6.92 Å². The Hall–Kier alpha value is 0.854. The lowest BCUT2D eigenvalue weighted by molar-refractivity contribution is 0.231. The highest BCUT2D eigenvalue weighted by atomic mass is 35.6. The predicted octanol–water partition coefficient (Wildman–Crippen LogP) is 1.86. The van der Waals surface area contributed by atoms with E-state index in [0.717, 1.165) is 0 Å². The normalized spacial score (nSPS) is 13.7. The molecule has 0 aliphatic carbocycles. The lowest BCUT2D eigenvalue weighted by Gasteiger charge is -2.33. The summed E-state index contributed by atoms with van der Waals surface area (Å²) in [6.07, 6.45) is 0. The van der Waals surface area contributed by atoms with Gasteiger partial charge >= 0.3 is 15.7 Å². The third-order valence-electron chi connectivity index (χ3n) is 2.15. The zero-order chi connectivity index (χ0) is 11.4. The second-order valence-electron chi connectivity index (χ2n) is 2.70. The van der Waals surface area contributed by atoms with E-state index < -0.39 is 15.7 Å². The molecule has 0 unspecified atom stereocenters. The van der Waals surface area contributed by atoms with Crippen LogP contribution < -0.4 is 0 Å². The molecule has 0 aliphatic rings. The summed E-state index contributed by atoms with van der Waals surface area (Å²) in [5.41, 5.74) is 0. The highest BCUT2D eigenvalue weighted by molar-refractivity contribution is 7.26. The van der Waals surface area contributed by atoms with E-state index in [0.29, 0.717) is 0 Å². The van der Waals surface area contributed by atoms with Gasteiger partial charge in [0, 0.05) is 28.4 Å². The first-order valence-electron chi connectivity index (χ1n) is 3.98. The quantitative estimate of drug-likeness (QED) is 0.549. The van der Waals surface area contributed by atoms with Crippen LogP contribution in [-0.4, -0.2) is 44.2 Å². The zero-order valence-corrected chi connectivity index (χ0v) is 12.5. The van der Waals surface area contributed by atoms with Gasteiger partial charge in [0.05, 0.1) is 5.16 Å². The van der Waals surface area contributed by atoms with Gasteiger partial charge in [-0.3, -0.25) is 0 Å². The molecular formula is C6H16Cl2O4Si2. The van der Waals surface area contributed by atoms with Crippen molar-refractivity contribution in [2.75, 3.05) is 28.4 Å². The summed E-state index contributed by atoms with van der Waals surface area (Å²) >= 11 is 12.4. The van der Waals surface area contributed by atoms with Gasteiger partial charge in [-0.15, -0.1) is 0 Å². The van der Waals surface area contributed by atoms with Gasteiger partial charge < -0.3 is 17.7 Å². The summed E-state index contributed by atoms with van der Waals surface area (Å²) in [5.74, 6) is 0. The summed E-state index contributed by atoms with van der Waals surface area (Å²) in [5, 5.41) is -0.261. The van der Waals surface area contributed by atoms with E-state index in [2.05, 4.69) is 0 Å². The molecule has 0 bridgehead atoms. The van der Waals surface area contributed by atoms with Crippen molar-refractivity contribution in [2.24, 2.45) is 0 Å². The number of hydrogen-bond donors (Lipinski definition) is 0. The Labute approximate surface area is 96.3 Å². The topological polar surface area (TPSA) is 36.9 Å². The Bertz CT molecular complexity index is 157. The lowest BCUT2D eigenvalue weighted by atomic mass is 10.9. The Balaban J connectivity index is 4.80. The number of rotatable bonds is 6. The molecule has 0 N–H and O–H groups in total. The molecule has 0 rings (SSSR count). The van der Waals surface area contributed by atoms with Gasteiger partial charge in [0.1, 0.15) is 0 Å². The van der Waals surface area contributed by atoms with Crippen LogP contribution in [-0.2, 0) is 17.7 Å². The fourth-order valence-electron chi connectivity index (χ4n) is 1.08. The predicted molar refractivity (Wildman–Crippen MR) is 60.7 cm³/mol. The molecule has 0 aliphatic heterocycles. The zero-order valence-electron chi connectivity index (χ0n) is 8.97. The van der Waals surface area contributed by atoms with E-state index in [1.54, 1.807) is 0 Å². The van der Waals surface area contributed by atoms with Crippen LogP contribution in [0.5, 0.6) is 0 Å². The van der Waals surface area contributed by atoms with E-state index in [1.165, 1.54) is 28.4 Å². The van der Waals surface area contributed by atoms with Crippen LogP contribution in [0.4, 0.5) is 0 Å². The summed E-state index contributed by atoms with van der Waals surface area (Å²) in [6.45, 7) is 1.82. The van der Waals surface area contributed by atoms with E-state index in [-0.39, 0.29) is 5.16 Å². The SMILES string of the molecule is CO[Si](Cl)(OC)C(C)[Si](Cl)(OC)OC. The van der Waals surface area contributed by atoms with Crippen LogP contribution in [0.25, 0.3) is 0 Å². The summed E-state index contributed by atoms with van der Waals surface area (Å²) < 4.78 is 20.7. The van der Waals surface area contributed by atoms with E-state index >= 15 is 0 Å². The average molecular weight is 279 g/mol. The summed E-state index contributed by atoms with van der Waals surface area (Å²) in [7, 11) is 0.333. The first-order chi connectivity index (χ1) is 6.40. The first kappa shape index (κ1) is 14.9. The van der Waals surface area contributed by atoms with Crippen molar-refractivity contribution in [2.45, 2.75) is 12.1 Å². The van der Waals surface area contributed by atoms with Gasteiger partial charge in [-0.25, -0.2) is 0 Å². The average Bonchev–Trinajstić information content (AvgIpc) is 2.25. The van der Waals surface area contributed by atoms with Crippen molar-refractivity contribution in [3.63, 3.8) is 0 Å². The van der Waals surface area contributed by atoms with Gasteiger partial charge in [0.2, 0.25) is 0 Å². The minimum Gasteiger partial charge on any atom is -0.386 e. The molecule has 0 aromatic heterocycles. The highest BCUT2D eigenvalue weighted by Crippen LogP contribution is 2.37. The van der Waals surface area contributed by atoms with Crippen molar-refractivity contribution in [1.82, 2.24) is 0 Å². The summed E-state index contributed by atoms with van der Waals surface area (Å²) in [4.78, 5) is 0. The molecule has 0 heterocycles. The van der Waals surface area contributed by atoms with Crippen LogP contribution >= 0.6 is 22.2 Å². The van der Waals surface area contributed by atoms with Gasteiger partial charge in [-0.05, 0) is 0 Å². The summed E-state index contributed by atoms with van der Waals surface area (Å²) in [6, 6.07) is 0. The minimum absolute atomic E-state index is 0.261. The minimum atomic E-state index is -2.83. The fraction of sp³-hybridized carbons (Fsp3) is 1.00. The van der Waals surface area contributed by atoms with Crippen molar-refractivity contribution < 1.29 is 17.7 Å². The molecule has 0 aromatic rings. The Kier molecular flexibility index (Phi) is 6.16. The van der Waals surface area contributed by atoms with Crippen LogP contribution in [0, 0.1) is 0 Å². The van der Waals surface area contributed by atoms with Gasteiger partial charge in [-0.1, -0.05) is 29.1 Å². The molecule has 0 spiro atoms. The van der Waals surface area contributed by atoms with Crippen molar-refractivity contribution in [3.05, 3.63) is 0 Å². The van der Waals surface area contributed by atoms with Crippen molar-refractivity contribution >= 4 is 37.9 Å². The van der Waals surface area contributed by atoms with Gasteiger partial charge in [0.15, 0.2) is 0 Å². The van der Waals surface area contributed by atoms with Gasteiger partial charge in [0.25, 0.3) is 0 Å². The Morgan fingerprint density at radius 1 is 0.786 bits per heavy atom. The molecular weight excluding hydrogens is 263 g/mol. The monoisotopic (exact) mass is 278 g/mol. The maximum atomic E-state index is 6.19. The maximum absolute atomic E-state index is 6.19. The molecule has 0 atom stereocenters. The number of halogens is 2. The van der Waals surface area contributed by atoms with Crippen LogP contribution in [0.2, 0.25) is 5.16 Å². The second-order valence-corrected chi connectivity index (χ2v) is 12.1.